The molecule has 0 radical (unpaired) electrons. The molecule has 122 valence electrons. The van der Waals surface area contributed by atoms with Gasteiger partial charge in [-0.1, -0.05) is 13.3 Å². The van der Waals surface area contributed by atoms with Crippen LogP contribution in [0.2, 0.25) is 0 Å². The standard InChI is InChI=1S/C16H31N3O2/c1-2-3-12-21-13-10-18-16(20)15-5-4-11-19(15)14-6-8-17-9-7-14/h14-15,17H,2-13H2,1H3,(H,18,20). The molecule has 0 aromatic heterocycles. The molecule has 1 amide bonds. The molecule has 5 heteroatoms. The predicted molar refractivity (Wildman–Crippen MR) is 84.4 cm³/mol. The van der Waals surface area contributed by atoms with E-state index in [0.29, 0.717) is 19.2 Å². The van der Waals surface area contributed by atoms with Gasteiger partial charge in [0.25, 0.3) is 0 Å². The van der Waals surface area contributed by atoms with Crippen molar-refractivity contribution >= 4 is 5.91 Å². The molecule has 1 unspecified atom stereocenters. The maximum Gasteiger partial charge on any atom is 0.237 e. The Bertz CT molecular complexity index is 306. The summed E-state index contributed by atoms with van der Waals surface area (Å²) in [5, 5.41) is 6.45. The first kappa shape index (κ1) is 16.7. The highest BCUT2D eigenvalue weighted by atomic mass is 16.5. The second-order valence-electron chi connectivity index (χ2n) is 6.13. The molecule has 0 aromatic rings. The number of rotatable bonds is 8. The van der Waals surface area contributed by atoms with Crippen molar-refractivity contribution in [1.82, 2.24) is 15.5 Å². The van der Waals surface area contributed by atoms with Crippen LogP contribution in [0.5, 0.6) is 0 Å². The molecule has 0 bridgehead atoms. The maximum atomic E-state index is 12.4. The molecule has 21 heavy (non-hydrogen) atoms. The maximum absolute atomic E-state index is 12.4. The minimum Gasteiger partial charge on any atom is -0.380 e. The van der Waals surface area contributed by atoms with Gasteiger partial charge in [-0.25, -0.2) is 0 Å². The lowest BCUT2D eigenvalue weighted by molar-refractivity contribution is -0.126. The fourth-order valence-electron chi connectivity index (χ4n) is 3.36. The number of ether oxygens (including phenoxy) is 1. The lowest BCUT2D eigenvalue weighted by Gasteiger charge is -2.35. The van der Waals surface area contributed by atoms with Crippen molar-refractivity contribution in [3.8, 4) is 0 Å². The van der Waals surface area contributed by atoms with Gasteiger partial charge in [0.2, 0.25) is 5.91 Å². The van der Waals surface area contributed by atoms with Crippen molar-refractivity contribution in [2.75, 3.05) is 39.4 Å². The second kappa shape index (κ2) is 9.38. The Morgan fingerprint density at radius 2 is 2.10 bits per heavy atom. The van der Waals surface area contributed by atoms with Crippen molar-refractivity contribution in [2.45, 2.75) is 57.5 Å². The van der Waals surface area contributed by atoms with Crippen LogP contribution in [0.1, 0.15) is 45.4 Å². The number of piperidine rings is 1. The van der Waals surface area contributed by atoms with Crippen LogP contribution in [-0.2, 0) is 9.53 Å². The molecule has 0 saturated carbocycles. The average molecular weight is 297 g/mol. The van der Waals surface area contributed by atoms with E-state index in [0.717, 1.165) is 51.9 Å². The molecule has 2 rings (SSSR count). The predicted octanol–water partition coefficient (Wildman–Crippen LogP) is 1.14. The van der Waals surface area contributed by atoms with Gasteiger partial charge < -0.3 is 15.4 Å². The van der Waals surface area contributed by atoms with Crippen LogP contribution in [0.15, 0.2) is 0 Å². The molecule has 0 aromatic carbocycles. The Morgan fingerprint density at radius 3 is 2.86 bits per heavy atom. The third-order valence-corrected chi connectivity index (χ3v) is 4.56. The quantitative estimate of drug-likeness (QED) is 0.660. The molecular formula is C16H31N3O2. The summed E-state index contributed by atoms with van der Waals surface area (Å²) >= 11 is 0. The zero-order valence-corrected chi connectivity index (χ0v) is 13.4. The van der Waals surface area contributed by atoms with E-state index in [1.165, 1.54) is 12.8 Å². The summed E-state index contributed by atoms with van der Waals surface area (Å²) in [5.41, 5.74) is 0. The molecule has 2 fully saturated rings. The molecule has 2 saturated heterocycles. The number of unbranched alkanes of at least 4 members (excludes halogenated alkanes) is 1. The summed E-state index contributed by atoms with van der Waals surface area (Å²) in [6.07, 6.45) is 6.75. The molecule has 0 spiro atoms. The lowest BCUT2D eigenvalue weighted by Crippen LogP contribution is -2.51. The van der Waals surface area contributed by atoms with Crippen molar-refractivity contribution in [3.05, 3.63) is 0 Å². The summed E-state index contributed by atoms with van der Waals surface area (Å²) < 4.78 is 5.49. The molecular weight excluding hydrogens is 266 g/mol. The topological polar surface area (TPSA) is 53.6 Å². The zero-order chi connectivity index (χ0) is 14.9. The number of nitrogens with zero attached hydrogens (tertiary/aromatic N) is 1. The summed E-state index contributed by atoms with van der Waals surface area (Å²) in [5.74, 6) is 0.199. The fourth-order valence-corrected chi connectivity index (χ4v) is 3.36. The van der Waals surface area contributed by atoms with Gasteiger partial charge >= 0.3 is 0 Å². The first-order valence-electron chi connectivity index (χ1n) is 8.65. The number of carbonyl (C=O) groups excluding carboxylic acids is 1. The van der Waals surface area contributed by atoms with E-state index in [2.05, 4.69) is 22.5 Å². The van der Waals surface area contributed by atoms with Gasteiger partial charge in [-0.05, 0) is 51.7 Å². The van der Waals surface area contributed by atoms with Gasteiger partial charge in [0.15, 0.2) is 0 Å². The van der Waals surface area contributed by atoms with Crippen LogP contribution < -0.4 is 10.6 Å². The highest BCUT2D eigenvalue weighted by Crippen LogP contribution is 2.24. The van der Waals surface area contributed by atoms with Gasteiger partial charge in [0.1, 0.15) is 0 Å². The third-order valence-electron chi connectivity index (χ3n) is 4.56. The number of nitrogens with one attached hydrogen (secondary N) is 2. The van der Waals surface area contributed by atoms with Gasteiger partial charge in [-0.3, -0.25) is 9.69 Å². The zero-order valence-electron chi connectivity index (χ0n) is 13.4. The van der Waals surface area contributed by atoms with Crippen LogP contribution >= 0.6 is 0 Å². The summed E-state index contributed by atoms with van der Waals surface area (Å²) in [6, 6.07) is 0.675. The minimum absolute atomic E-state index is 0.0868. The van der Waals surface area contributed by atoms with Crippen LogP contribution in [0.3, 0.4) is 0 Å². The van der Waals surface area contributed by atoms with Gasteiger partial charge in [-0.2, -0.15) is 0 Å². The van der Waals surface area contributed by atoms with Crippen molar-refractivity contribution in [2.24, 2.45) is 0 Å². The van der Waals surface area contributed by atoms with Crippen LogP contribution in [0, 0.1) is 0 Å². The number of likely N-dealkylation sites (tertiary alicyclic amines) is 1. The molecule has 5 nitrogen and oxygen atoms in total. The minimum atomic E-state index is 0.0868. The molecule has 2 aliphatic rings. The SMILES string of the molecule is CCCCOCCNC(=O)C1CCCN1C1CCNCC1. The monoisotopic (exact) mass is 297 g/mol. The van der Waals surface area contributed by atoms with E-state index in [4.69, 9.17) is 4.74 Å². The third kappa shape index (κ3) is 5.24. The Hall–Kier alpha value is -0.650. The van der Waals surface area contributed by atoms with E-state index in [1.54, 1.807) is 0 Å². The highest BCUT2D eigenvalue weighted by Gasteiger charge is 2.35. The highest BCUT2D eigenvalue weighted by molar-refractivity contribution is 5.82. The first-order valence-corrected chi connectivity index (χ1v) is 8.65. The van der Waals surface area contributed by atoms with Crippen molar-refractivity contribution < 1.29 is 9.53 Å². The Labute approximate surface area is 128 Å². The second-order valence-corrected chi connectivity index (χ2v) is 6.13. The van der Waals surface area contributed by atoms with E-state index >= 15 is 0 Å². The van der Waals surface area contributed by atoms with Crippen LogP contribution in [0.25, 0.3) is 0 Å². The largest absolute Gasteiger partial charge is 0.380 e. The Balaban J connectivity index is 1.68. The van der Waals surface area contributed by atoms with Crippen LogP contribution in [-0.4, -0.2) is 62.3 Å². The summed E-state index contributed by atoms with van der Waals surface area (Å²) in [6.45, 7) is 7.47. The first-order chi connectivity index (χ1) is 10.3. The lowest BCUT2D eigenvalue weighted by atomic mass is 10.0. The molecule has 2 aliphatic heterocycles. The molecule has 2 N–H and O–H groups in total. The van der Waals surface area contributed by atoms with E-state index in [9.17, 15) is 4.79 Å². The van der Waals surface area contributed by atoms with E-state index < -0.39 is 0 Å². The molecule has 0 aliphatic carbocycles. The average Bonchev–Trinajstić information content (AvgIpc) is 3.01. The number of carbonyl (C=O) groups is 1. The Morgan fingerprint density at radius 1 is 1.29 bits per heavy atom. The number of amides is 1. The van der Waals surface area contributed by atoms with E-state index in [1.807, 2.05) is 0 Å². The number of hydrogen-bond donors (Lipinski definition) is 2. The smallest absolute Gasteiger partial charge is 0.237 e. The number of hydrogen-bond acceptors (Lipinski definition) is 4. The normalized spacial score (nSPS) is 24.3. The summed E-state index contributed by atoms with van der Waals surface area (Å²) in [4.78, 5) is 14.8. The molecule has 1 atom stereocenters. The van der Waals surface area contributed by atoms with Gasteiger partial charge in [0, 0.05) is 19.2 Å². The van der Waals surface area contributed by atoms with Gasteiger partial charge in [-0.15, -0.1) is 0 Å². The van der Waals surface area contributed by atoms with Crippen LogP contribution in [0.4, 0.5) is 0 Å². The van der Waals surface area contributed by atoms with E-state index in [-0.39, 0.29) is 11.9 Å². The summed E-state index contributed by atoms with van der Waals surface area (Å²) in [7, 11) is 0. The Kier molecular flexibility index (Phi) is 7.47. The molecule has 2 heterocycles. The van der Waals surface area contributed by atoms with Crippen molar-refractivity contribution in [1.29, 1.82) is 0 Å². The van der Waals surface area contributed by atoms with Gasteiger partial charge in [0.05, 0.1) is 12.6 Å². The van der Waals surface area contributed by atoms with Crippen molar-refractivity contribution in [3.63, 3.8) is 0 Å². The fraction of sp³-hybridized carbons (Fsp3) is 0.938.